The number of rotatable bonds is 9. The van der Waals surface area contributed by atoms with Gasteiger partial charge in [-0.05, 0) is 56.4 Å². The Hall–Kier alpha value is -2.90. The van der Waals surface area contributed by atoms with Crippen LogP contribution in [-0.2, 0) is 25.7 Å². The van der Waals surface area contributed by atoms with E-state index in [4.69, 9.17) is 21.1 Å². The van der Waals surface area contributed by atoms with Crippen LogP contribution in [0.1, 0.15) is 47.7 Å². The molecule has 8 heteroatoms. The van der Waals surface area contributed by atoms with Gasteiger partial charge in [-0.1, -0.05) is 41.9 Å². The van der Waals surface area contributed by atoms with E-state index in [2.05, 4.69) is 5.32 Å². The molecule has 0 aromatic heterocycles. The first-order chi connectivity index (χ1) is 16.3. The van der Waals surface area contributed by atoms with E-state index in [9.17, 15) is 14.4 Å². The van der Waals surface area contributed by atoms with Crippen LogP contribution in [0.3, 0.4) is 0 Å². The predicted octanol–water partition coefficient (Wildman–Crippen LogP) is 4.51. The Bertz CT molecular complexity index is 1020. The smallest absolute Gasteiger partial charge is 0.362 e. The standard InChI is InChI=1S/C26H31ClN2O5/c1-3-33-26(32)22-15-21(27)14-19(2)25(22)28-23(30)16-29(12-8-5-9-13-29)17-24(31)34-18-20-10-6-4-7-11-20/h4,6-7,10-11,14-15H,3,5,8-9,12-13,16-18H2,1-2H3/p+1. The molecule has 182 valence electrons. The van der Waals surface area contributed by atoms with E-state index in [1.54, 1.807) is 19.9 Å². The Morgan fingerprint density at radius 2 is 1.71 bits per heavy atom. The maximum absolute atomic E-state index is 13.2. The monoisotopic (exact) mass is 487 g/mol. The van der Waals surface area contributed by atoms with Crippen LogP contribution in [0.25, 0.3) is 0 Å². The van der Waals surface area contributed by atoms with Gasteiger partial charge in [0, 0.05) is 5.02 Å². The van der Waals surface area contributed by atoms with Crippen molar-refractivity contribution >= 4 is 35.1 Å². The summed E-state index contributed by atoms with van der Waals surface area (Å²) in [6.07, 6.45) is 2.95. The molecular weight excluding hydrogens is 456 g/mol. The highest BCUT2D eigenvalue weighted by Crippen LogP contribution is 2.27. The molecule has 1 saturated heterocycles. The number of hydrogen-bond acceptors (Lipinski definition) is 5. The highest BCUT2D eigenvalue weighted by molar-refractivity contribution is 6.31. The van der Waals surface area contributed by atoms with Crippen molar-refractivity contribution in [1.82, 2.24) is 0 Å². The molecule has 0 bridgehead atoms. The van der Waals surface area contributed by atoms with E-state index in [0.717, 1.165) is 37.9 Å². The topological polar surface area (TPSA) is 81.7 Å². The molecule has 0 unspecified atom stereocenters. The highest BCUT2D eigenvalue weighted by atomic mass is 35.5. The van der Waals surface area contributed by atoms with Crippen LogP contribution in [0, 0.1) is 6.92 Å². The largest absolute Gasteiger partial charge is 0.462 e. The van der Waals surface area contributed by atoms with Gasteiger partial charge in [0.2, 0.25) is 0 Å². The van der Waals surface area contributed by atoms with Gasteiger partial charge in [0.05, 0.1) is 30.9 Å². The van der Waals surface area contributed by atoms with Crippen LogP contribution < -0.4 is 5.32 Å². The summed E-state index contributed by atoms with van der Waals surface area (Å²) in [4.78, 5) is 38.3. The summed E-state index contributed by atoms with van der Waals surface area (Å²) < 4.78 is 11.0. The number of anilines is 1. The molecule has 1 fully saturated rings. The molecule has 1 aliphatic heterocycles. The zero-order chi connectivity index (χ0) is 24.6. The number of amides is 1. The summed E-state index contributed by atoms with van der Waals surface area (Å²) in [5.74, 6) is -1.14. The first-order valence-electron chi connectivity index (χ1n) is 11.6. The number of likely N-dealkylation sites (tertiary alicyclic amines) is 1. The molecule has 0 spiro atoms. The fraction of sp³-hybridized carbons (Fsp3) is 0.423. The van der Waals surface area contributed by atoms with Crippen molar-refractivity contribution in [2.75, 3.05) is 38.1 Å². The van der Waals surface area contributed by atoms with Crippen LogP contribution in [0.5, 0.6) is 0 Å². The Kier molecular flexibility index (Phi) is 9.07. The van der Waals surface area contributed by atoms with Crippen LogP contribution in [0.4, 0.5) is 5.69 Å². The fourth-order valence-electron chi connectivity index (χ4n) is 4.38. The molecule has 1 heterocycles. The minimum atomic E-state index is -0.547. The van der Waals surface area contributed by atoms with Crippen molar-refractivity contribution in [3.63, 3.8) is 0 Å². The van der Waals surface area contributed by atoms with Crippen molar-refractivity contribution in [3.05, 3.63) is 64.2 Å². The molecule has 0 radical (unpaired) electrons. The quantitative estimate of drug-likeness (QED) is 0.416. The van der Waals surface area contributed by atoms with E-state index in [1.807, 2.05) is 30.3 Å². The van der Waals surface area contributed by atoms with Gasteiger partial charge >= 0.3 is 11.9 Å². The third-order valence-electron chi connectivity index (χ3n) is 6.01. The molecule has 2 aromatic rings. The van der Waals surface area contributed by atoms with Gasteiger partial charge in [-0.2, -0.15) is 0 Å². The average molecular weight is 488 g/mol. The summed E-state index contributed by atoms with van der Waals surface area (Å²) in [7, 11) is 0. The molecule has 1 aliphatic rings. The molecule has 0 saturated carbocycles. The molecule has 1 amide bonds. The number of ether oxygens (including phenoxy) is 2. The zero-order valence-electron chi connectivity index (χ0n) is 19.8. The summed E-state index contributed by atoms with van der Waals surface area (Å²) >= 11 is 6.14. The van der Waals surface area contributed by atoms with Gasteiger partial charge in [-0.25, -0.2) is 9.59 Å². The summed E-state index contributed by atoms with van der Waals surface area (Å²) in [6.45, 7) is 5.60. The number of carbonyl (C=O) groups excluding carboxylic acids is 3. The normalized spacial score (nSPS) is 14.8. The zero-order valence-corrected chi connectivity index (χ0v) is 20.5. The number of piperidine rings is 1. The number of hydrogen-bond donors (Lipinski definition) is 1. The van der Waals surface area contributed by atoms with Crippen molar-refractivity contribution < 1.29 is 28.3 Å². The molecule has 3 rings (SSSR count). The molecule has 0 atom stereocenters. The summed E-state index contributed by atoms with van der Waals surface area (Å²) in [5, 5.41) is 3.27. The van der Waals surface area contributed by atoms with Gasteiger partial charge in [0.1, 0.15) is 6.61 Å². The highest BCUT2D eigenvalue weighted by Gasteiger charge is 2.36. The Balaban J connectivity index is 1.71. The number of halogens is 1. The number of quaternary nitrogens is 1. The van der Waals surface area contributed by atoms with Gasteiger partial charge in [-0.3, -0.25) is 4.79 Å². The van der Waals surface area contributed by atoms with E-state index in [-0.39, 0.29) is 43.7 Å². The van der Waals surface area contributed by atoms with Crippen molar-refractivity contribution in [3.8, 4) is 0 Å². The van der Waals surface area contributed by atoms with Gasteiger partial charge in [0.15, 0.2) is 13.1 Å². The number of esters is 2. The molecule has 7 nitrogen and oxygen atoms in total. The minimum Gasteiger partial charge on any atom is -0.462 e. The lowest BCUT2D eigenvalue weighted by atomic mass is 10.1. The van der Waals surface area contributed by atoms with Crippen LogP contribution in [-0.4, -0.2) is 55.1 Å². The fourth-order valence-corrected chi connectivity index (χ4v) is 4.65. The Labute approximate surface area is 205 Å². The van der Waals surface area contributed by atoms with Gasteiger partial charge in [0.25, 0.3) is 5.91 Å². The third-order valence-corrected chi connectivity index (χ3v) is 6.23. The number of carbonyl (C=O) groups is 3. The van der Waals surface area contributed by atoms with E-state index < -0.39 is 5.97 Å². The van der Waals surface area contributed by atoms with Crippen LogP contribution in [0.2, 0.25) is 5.02 Å². The molecular formula is C26H32ClN2O5+. The molecule has 1 N–H and O–H groups in total. The molecule has 34 heavy (non-hydrogen) atoms. The van der Waals surface area contributed by atoms with Crippen LogP contribution >= 0.6 is 11.6 Å². The first-order valence-corrected chi connectivity index (χ1v) is 12.0. The second-order valence-electron chi connectivity index (χ2n) is 8.73. The van der Waals surface area contributed by atoms with E-state index in [1.165, 1.54) is 6.07 Å². The number of aryl methyl sites for hydroxylation is 1. The van der Waals surface area contributed by atoms with Crippen molar-refractivity contribution in [2.45, 2.75) is 39.7 Å². The minimum absolute atomic E-state index is 0.116. The number of nitrogens with zero attached hydrogens (tertiary/aromatic N) is 1. The molecule has 0 aliphatic carbocycles. The van der Waals surface area contributed by atoms with Gasteiger partial charge in [-0.15, -0.1) is 0 Å². The van der Waals surface area contributed by atoms with Gasteiger partial charge < -0.3 is 19.3 Å². The van der Waals surface area contributed by atoms with Crippen molar-refractivity contribution in [1.29, 1.82) is 0 Å². The number of benzene rings is 2. The first kappa shape index (κ1) is 25.7. The molecule has 2 aromatic carbocycles. The lowest BCUT2D eigenvalue weighted by Gasteiger charge is -2.40. The summed E-state index contributed by atoms with van der Waals surface area (Å²) in [5.41, 5.74) is 2.18. The lowest BCUT2D eigenvalue weighted by Crippen LogP contribution is -2.57. The second-order valence-corrected chi connectivity index (χ2v) is 9.16. The maximum atomic E-state index is 13.2. The predicted molar refractivity (Wildman–Crippen MR) is 131 cm³/mol. The third kappa shape index (κ3) is 7.05. The number of nitrogens with one attached hydrogen (secondary N) is 1. The van der Waals surface area contributed by atoms with Crippen LogP contribution in [0.15, 0.2) is 42.5 Å². The second kappa shape index (κ2) is 12.0. The summed E-state index contributed by atoms with van der Waals surface area (Å²) in [6, 6.07) is 12.7. The Morgan fingerprint density at radius 1 is 1.00 bits per heavy atom. The SMILES string of the molecule is CCOC(=O)c1cc(Cl)cc(C)c1NC(=O)C[N+]1(CC(=O)OCc2ccccc2)CCCCC1. The Morgan fingerprint density at radius 3 is 2.38 bits per heavy atom. The lowest BCUT2D eigenvalue weighted by molar-refractivity contribution is -0.918. The van der Waals surface area contributed by atoms with E-state index in [0.29, 0.717) is 20.8 Å². The van der Waals surface area contributed by atoms with Crippen molar-refractivity contribution in [2.24, 2.45) is 0 Å². The maximum Gasteiger partial charge on any atom is 0.362 e. The average Bonchev–Trinajstić information content (AvgIpc) is 2.80. The van der Waals surface area contributed by atoms with E-state index >= 15 is 0 Å².